The first kappa shape index (κ1) is 12.9. The molecule has 0 aliphatic rings. The summed E-state index contributed by atoms with van der Waals surface area (Å²) in [5.74, 6) is 0. The lowest BCUT2D eigenvalue weighted by Crippen LogP contribution is -2.13. The molecule has 1 aromatic carbocycles. The van der Waals surface area contributed by atoms with E-state index in [-0.39, 0.29) is 0 Å². The maximum absolute atomic E-state index is 8.44. The smallest absolute Gasteiger partial charge is 0.183 e. The lowest BCUT2D eigenvalue weighted by Gasteiger charge is -2.01. The lowest BCUT2D eigenvalue weighted by molar-refractivity contribution is 0.964. The number of hydrogen-bond acceptors (Lipinski definition) is 3. The molecule has 1 aromatic rings. The van der Waals surface area contributed by atoms with Crippen LogP contribution in [0.5, 0.6) is 0 Å². The van der Waals surface area contributed by atoms with Crippen molar-refractivity contribution in [2.75, 3.05) is 12.8 Å². The maximum atomic E-state index is 8.44. The van der Waals surface area contributed by atoms with Crippen LogP contribution >= 0.6 is 23.4 Å². The first-order valence-corrected chi connectivity index (χ1v) is 6.34. The van der Waals surface area contributed by atoms with Crippen LogP contribution in [0.1, 0.15) is 5.56 Å². The van der Waals surface area contributed by atoms with Crippen molar-refractivity contribution in [2.24, 2.45) is 4.99 Å². The minimum Gasteiger partial charge on any atom is -0.272 e. The summed E-state index contributed by atoms with van der Waals surface area (Å²) in [6.07, 6.45) is 4.58. The Kier molecular flexibility index (Phi) is 5.76. The molecule has 0 spiro atoms. The summed E-state index contributed by atoms with van der Waals surface area (Å²) < 4.78 is 0. The van der Waals surface area contributed by atoms with E-state index in [9.17, 15) is 0 Å². The fourth-order valence-electron chi connectivity index (χ4n) is 1.14. The van der Waals surface area contributed by atoms with Crippen molar-refractivity contribution in [1.82, 2.24) is 5.32 Å². The van der Waals surface area contributed by atoms with Crippen LogP contribution in [-0.4, -0.2) is 18.0 Å². The number of amidine groups is 1. The molecule has 16 heavy (non-hydrogen) atoms. The van der Waals surface area contributed by atoms with E-state index in [1.54, 1.807) is 0 Å². The summed E-state index contributed by atoms with van der Waals surface area (Å²) in [4.78, 5) is 4.26. The van der Waals surface area contributed by atoms with E-state index in [1.807, 2.05) is 36.7 Å². The van der Waals surface area contributed by atoms with E-state index < -0.39 is 0 Å². The third-order valence-corrected chi connectivity index (χ3v) is 2.80. The summed E-state index contributed by atoms with van der Waals surface area (Å²) in [5, 5.41) is 12.4. The van der Waals surface area contributed by atoms with Crippen molar-refractivity contribution >= 4 is 28.5 Å². The minimum absolute atomic E-state index is 0.650. The molecule has 0 aliphatic carbocycles. The summed E-state index contributed by atoms with van der Waals surface area (Å²) >= 11 is 7.21. The van der Waals surface area contributed by atoms with Crippen molar-refractivity contribution in [3.8, 4) is 6.19 Å². The van der Waals surface area contributed by atoms with Gasteiger partial charge < -0.3 is 0 Å². The van der Waals surface area contributed by atoms with Crippen LogP contribution in [0.15, 0.2) is 29.3 Å². The number of benzene rings is 1. The monoisotopic (exact) mass is 253 g/mol. The third-order valence-electron chi connectivity index (χ3n) is 1.93. The van der Waals surface area contributed by atoms with Crippen molar-refractivity contribution < 1.29 is 0 Å². The van der Waals surface area contributed by atoms with Crippen LogP contribution < -0.4 is 5.32 Å². The molecule has 0 saturated carbocycles. The number of thioether (sulfide) groups is 1. The second kappa shape index (κ2) is 7.15. The Morgan fingerprint density at radius 1 is 1.50 bits per heavy atom. The van der Waals surface area contributed by atoms with Gasteiger partial charge in [0.15, 0.2) is 11.4 Å². The first-order chi connectivity index (χ1) is 7.76. The van der Waals surface area contributed by atoms with Gasteiger partial charge in [-0.2, -0.15) is 5.26 Å². The molecular weight excluding hydrogens is 242 g/mol. The Bertz CT molecular complexity index is 395. The van der Waals surface area contributed by atoms with E-state index >= 15 is 0 Å². The van der Waals surface area contributed by atoms with Gasteiger partial charge in [0, 0.05) is 11.6 Å². The first-order valence-electron chi connectivity index (χ1n) is 4.74. The van der Waals surface area contributed by atoms with Crippen molar-refractivity contribution in [3.05, 3.63) is 34.9 Å². The molecule has 5 heteroatoms. The van der Waals surface area contributed by atoms with Crippen LogP contribution in [-0.2, 0) is 6.42 Å². The summed E-state index contributed by atoms with van der Waals surface area (Å²) in [6, 6.07) is 7.69. The topological polar surface area (TPSA) is 48.2 Å². The van der Waals surface area contributed by atoms with Crippen LogP contribution in [0, 0.1) is 11.5 Å². The number of nitrogens with zero attached hydrogens (tertiary/aromatic N) is 2. The fraction of sp³-hybridized carbons (Fsp3) is 0.273. The molecule has 1 N–H and O–H groups in total. The molecule has 0 fully saturated rings. The largest absolute Gasteiger partial charge is 0.272 e. The second-order valence-electron chi connectivity index (χ2n) is 3.00. The molecule has 0 aliphatic heterocycles. The molecular formula is C11H12ClN3S. The van der Waals surface area contributed by atoms with Crippen molar-refractivity contribution in [1.29, 1.82) is 5.26 Å². The van der Waals surface area contributed by atoms with Gasteiger partial charge in [-0.15, -0.1) is 0 Å². The van der Waals surface area contributed by atoms with E-state index in [0.29, 0.717) is 11.7 Å². The van der Waals surface area contributed by atoms with Crippen LogP contribution in [0.4, 0.5) is 0 Å². The average molecular weight is 254 g/mol. The zero-order chi connectivity index (χ0) is 11.8. The number of rotatable bonds is 3. The SMILES string of the molecule is CSC(=NCCc1ccc(Cl)cc1)NC#N. The Hall–Kier alpha value is -1.18. The van der Waals surface area contributed by atoms with Crippen LogP contribution in [0.3, 0.4) is 0 Å². The Morgan fingerprint density at radius 2 is 2.19 bits per heavy atom. The van der Waals surface area contributed by atoms with Gasteiger partial charge in [0.05, 0.1) is 0 Å². The van der Waals surface area contributed by atoms with E-state index in [0.717, 1.165) is 11.4 Å². The highest BCUT2D eigenvalue weighted by Crippen LogP contribution is 2.10. The third kappa shape index (κ3) is 4.56. The van der Waals surface area contributed by atoms with Gasteiger partial charge in [-0.25, -0.2) is 0 Å². The van der Waals surface area contributed by atoms with E-state index in [2.05, 4.69) is 10.3 Å². The van der Waals surface area contributed by atoms with Gasteiger partial charge in [0.1, 0.15) is 0 Å². The molecule has 1 rings (SSSR count). The highest BCUT2D eigenvalue weighted by molar-refractivity contribution is 8.13. The molecule has 3 nitrogen and oxygen atoms in total. The second-order valence-corrected chi connectivity index (χ2v) is 4.24. The van der Waals surface area contributed by atoms with Gasteiger partial charge in [-0.3, -0.25) is 10.3 Å². The lowest BCUT2D eigenvalue weighted by atomic mass is 10.2. The van der Waals surface area contributed by atoms with Crippen molar-refractivity contribution in [2.45, 2.75) is 6.42 Å². The van der Waals surface area contributed by atoms with Gasteiger partial charge >= 0.3 is 0 Å². The molecule has 84 valence electrons. The molecule has 0 unspecified atom stereocenters. The molecule has 0 atom stereocenters. The molecule has 0 saturated heterocycles. The standard InChI is InChI=1S/C11H12ClN3S/c1-16-11(15-8-13)14-7-6-9-2-4-10(12)5-3-9/h2-5H,6-7H2,1H3,(H,14,15). The number of aliphatic imine (C=N–C) groups is 1. The summed E-state index contributed by atoms with van der Waals surface area (Å²) in [5.41, 5.74) is 1.19. The average Bonchev–Trinajstić information content (AvgIpc) is 2.30. The minimum atomic E-state index is 0.650. The Labute approximate surface area is 105 Å². The number of hydrogen-bond donors (Lipinski definition) is 1. The van der Waals surface area contributed by atoms with Gasteiger partial charge in [-0.05, 0) is 30.4 Å². The zero-order valence-electron chi connectivity index (χ0n) is 8.90. The normalized spacial score (nSPS) is 10.9. The highest BCUT2D eigenvalue weighted by Gasteiger charge is 1.95. The molecule has 0 radical (unpaired) electrons. The fourth-order valence-corrected chi connectivity index (χ4v) is 1.63. The van der Waals surface area contributed by atoms with Crippen molar-refractivity contribution in [3.63, 3.8) is 0 Å². The number of nitrogens with one attached hydrogen (secondary N) is 1. The summed E-state index contributed by atoms with van der Waals surface area (Å²) in [7, 11) is 0. The maximum Gasteiger partial charge on any atom is 0.183 e. The number of nitriles is 1. The van der Waals surface area contributed by atoms with Crippen LogP contribution in [0.25, 0.3) is 0 Å². The van der Waals surface area contributed by atoms with Crippen LogP contribution in [0.2, 0.25) is 5.02 Å². The Morgan fingerprint density at radius 3 is 2.75 bits per heavy atom. The zero-order valence-corrected chi connectivity index (χ0v) is 10.5. The molecule has 0 bridgehead atoms. The van der Waals surface area contributed by atoms with Gasteiger partial charge in [0.25, 0.3) is 0 Å². The quantitative estimate of drug-likeness (QED) is 0.390. The van der Waals surface area contributed by atoms with E-state index in [4.69, 9.17) is 16.9 Å². The predicted octanol–water partition coefficient (Wildman–Crippen LogP) is 2.67. The molecule has 0 aromatic heterocycles. The van der Waals surface area contributed by atoms with E-state index in [1.165, 1.54) is 17.3 Å². The molecule has 0 amide bonds. The summed E-state index contributed by atoms with van der Waals surface area (Å²) in [6.45, 7) is 0.659. The predicted molar refractivity (Wildman–Crippen MR) is 69.7 cm³/mol. The molecule has 0 heterocycles. The van der Waals surface area contributed by atoms with Gasteiger partial charge in [-0.1, -0.05) is 35.5 Å². The highest BCUT2D eigenvalue weighted by atomic mass is 35.5. The van der Waals surface area contributed by atoms with Gasteiger partial charge in [0.2, 0.25) is 0 Å². The Balaban J connectivity index is 2.45. The number of halogens is 1.